The summed E-state index contributed by atoms with van der Waals surface area (Å²) in [5.74, 6) is 0.852. The average Bonchev–Trinajstić information content (AvgIpc) is 2.99. The molecule has 2 aliphatic heterocycles. The number of pyridine rings is 2. The van der Waals surface area contributed by atoms with Crippen molar-refractivity contribution in [2.75, 3.05) is 41.7 Å². The van der Waals surface area contributed by atoms with Crippen LogP contribution in [0.2, 0.25) is 0 Å². The number of aromatic nitrogens is 4. The van der Waals surface area contributed by atoms with Crippen LogP contribution in [0.1, 0.15) is 59.8 Å². The third-order valence-electron chi connectivity index (χ3n) is 7.79. The van der Waals surface area contributed by atoms with Gasteiger partial charge in [0.05, 0.1) is 12.3 Å². The highest BCUT2D eigenvalue weighted by Crippen LogP contribution is 2.33. The summed E-state index contributed by atoms with van der Waals surface area (Å²) in [4.78, 5) is 44.7. The predicted molar refractivity (Wildman–Crippen MR) is 155 cm³/mol. The molecule has 11 nitrogen and oxygen atoms in total. The number of aliphatic carboxylic acids is 1. The van der Waals surface area contributed by atoms with E-state index in [1.54, 1.807) is 24.5 Å². The molecule has 0 amide bonds. The van der Waals surface area contributed by atoms with Crippen LogP contribution in [0, 0.1) is 19.8 Å². The van der Waals surface area contributed by atoms with Gasteiger partial charge >= 0.3 is 11.9 Å². The van der Waals surface area contributed by atoms with Gasteiger partial charge < -0.3 is 25.4 Å². The number of nitrogens with zero attached hydrogens (tertiary/aromatic N) is 5. The van der Waals surface area contributed by atoms with Crippen molar-refractivity contribution in [2.45, 2.75) is 58.5 Å². The molecule has 216 valence electrons. The normalized spacial score (nSPS) is 15.9. The second kappa shape index (κ2) is 12.9. The van der Waals surface area contributed by atoms with Gasteiger partial charge in [-0.3, -0.25) is 14.6 Å². The van der Waals surface area contributed by atoms with E-state index in [0.717, 1.165) is 73.8 Å². The first-order valence-electron chi connectivity index (χ1n) is 14.2. The van der Waals surface area contributed by atoms with Crippen molar-refractivity contribution >= 4 is 29.4 Å². The highest BCUT2D eigenvalue weighted by Gasteiger charge is 2.27. The third kappa shape index (κ3) is 7.08. The van der Waals surface area contributed by atoms with Crippen LogP contribution in [0.25, 0.3) is 0 Å². The van der Waals surface area contributed by atoms with Crippen molar-refractivity contribution in [1.29, 1.82) is 0 Å². The summed E-state index contributed by atoms with van der Waals surface area (Å²) in [5, 5.41) is 16.3. The zero-order chi connectivity index (χ0) is 28.8. The van der Waals surface area contributed by atoms with Gasteiger partial charge in [-0.1, -0.05) is 6.07 Å². The Balaban J connectivity index is 1.19. The van der Waals surface area contributed by atoms with Gasteiger partial charge in [0.2, 0.25) is 0 Å². The van der Waals surface area contributed by atoms with Crippen LogP contribution >= 0.6 is 0 Å². The lowest BCUT2D eigenvalue weighted by atomic mass is 9.92. The summed E-state index contributed by atoms with van der Waals surface area (Å²) in [6.07, 6.45) is 7.15. The van der Waals surface area contributed by atoms with Gasteiger partial charge in [0.1, 0.15) is 29.9 Å². The summed E-state index contributed by atoms with van der Waals surface area (Å²) in [5.41, 5.74) is 4.10. The second-order valence-electron chi connectivity index (χ2n) is 10.7. The van der Waals surface area contributed by atoms with Crippen LogP contribution in [0.15, 0.2) is 36.7 Å². The monoisotopic (exact) mass is 559 g/mol. The first kappa shape index (κ1) is 28.3. The molecule has 5 rings (SSSR count). The van der Waals surface area contributed by atoms with Crippen LogP contribution in [-0.4, -0.2) is 63.2 Å². The van der Waals surface area contributed by atoms with E-state index in [4.69, 9.17) is 14.7 Å². The molecule has 1 atom stereocenters. The number of hydrogen-bond donors (Lipinski definition) is 3. The first-order valence-corrected chi connectivity index (χ1v) is 14.2. The van der Waals surface area contributed by atoms with E-state index in [1.165, 1.54) is 5.56 Å². The number of fused-ring (bicyclic) bond motifs is 1. The van der Waals surface area contributed by atoms with Gasteiger partial charge in [-0.15, -0.1) is 0 Å². The Bertz CT molecular complexity index is 1380. The molecule has 0 aromatic carbocycles. The topological polar surface area (TPSA) is 142 Å². The summed E-state index contributed by atoms with van der Waals surface area (Å²) in [7, 11) is 0. The van der Waals surface area contributed by atoms with Gasteiger partial charge in [0.15, 0.2) is 0 Å². The molecule has 3 aromatic rings. The predicted octanol–water partition coefficient (Wildman–Crippen LogP) is 3.87. The van der Waals surface area contributed by atoms with E-state index in [-0.39, 0.29) is 19.6 Å². The number of carboxylic acid groups (broad SMARTS) is 1. The number of piperidine rings is 1. The zero-order valence-electron chi connectivity index (χ0n) is 23.6. The summed E-state index contributed by atoms with van der Waals surface area (Å²) < 4.78 is 5.27. The zero-order valence-corrected chi connectivity index (χ0v) is 23.6. The number of carboxylic acids is 1. The molecule has 0 bridgehead atoms. The second-order valence-corrected chi connectivity index (χ2v) is 10.7. The molecule has 0 saturated carbocycles. The molecule has 5 heterocycles. The highest BCUT2D eigenvalue weighted by molar-refractivity contribution is 5.79. The Morgan fingerprint density at radius 2 is 1.90 bits per heavy atom. The molecule has 3 N–H and O–H groups in total. The smallest absolute Gasteiger partial charge is 0.308 e. The largest absolute Gasteiger partial charge is 0.481 e. The van der Waals surface area contributed by atoms with E-state index in [2.05, 4.69) is 37.6 Å². The van der Waals surface area contributed by atoms with E-state index in [0.29, 0.717) is 17.6 Å². The Labute approximate surface area is 239 Å². The van der Waals surface area contributed by atoms with Gasteiger partial charge in [0, 0.05) is 55.7 Å². The van der Waals surface area contributed by atoms with Crippen LogP contribution in [0.5, 0.6) is 0 Å². The maximum Gasteiger partial charge on any atom is 0.308 e. The standard InChI is InChI=1S/C30H37N7O4/c1-19-27(33-17-24(30(39)40)16-26(38)41-18-21-7-12-31-13-8-21)34-20(2)35-29(19)37-14-9-22(10-15-37)25-6-5-23-4-3-11-32-28(23)36-25/h5-8,12-13,22,24H,3-4,9-11,14-18H2,1-2H3,(H,32,36)(H,39,40)(H,33,34,35)/t24-/m0/s1. The Hall–Kier alpha value is -4.28. The number of ether oxygens (including phenoxy) is 1. The fourth-order valence-electron chi connectivity index (χ4n) is 5.42. The number of carbonyl (C=O) groups is 2. The molecule has 1 fully saturated rings. The van der Waals surface area contributed by atoms with Crippen molar-refractivity contribution in [2.24, 2.45) is 5.92 Å². The number of esters is 1. The fraction of sp³-hybridized carbons (Fsp3) is 0.467. The van der Waals surface area contributed by atoms with Crippen molar-refractivity contribution in [3.05, 3.63) is 64.9 Å². The number of hydrogen-bond acceptors (Lipinski definition) is 10. The Morgan fingerprint density at radius 3 is 2.66 bits per heavy atom. The summed E-state index contributed by atoms with van der Waals surface area (Å²) in [6, 6.07) is 7.89. The molecule has 41 heavy (non-hydrogen) atoms. The number of nitrogens with one attached hydrogen (secondary N) is 2. The van der Waals surface area contributed by atoms with E-state index in [9.17, 15) is 14.7 Å². The van der Waals surface area contributed by atoms with Crippen molar-refractivity contribution in [1.82, 2.24) is 19.9 Å². The van der Waals surface area contributed by atoms with Gasteiger partial charge in [-0.2, -0.15) is 0 Å². The average molecular weight is 560 g/mol. The number of rotatable bonds is 10. The lowest BCUT2D eigenvalue weighted by Gasteiger charge is -2.34. The van der Waals surface area contributed by atoms with Crippen LogP contribution in [0.4, 0.5) is 17.5 Å². The number of anilines is 3. The first-order chi connectivity index (χ1) is 19.9. The van der Waals surface area contributed by atoms with Gasteiger partial charge in [-0.05, 0) is 68.9 Å². The molecular weight excluding hydrogens is 522 g/mol. The van der Waals surface area contributed by atoms with Crippen molar-refractivity contribution in [3.8, 4) is 0 Å². The highest BCUT2D eigenvalue weighted by atomic mass is 16.5. The van der Waals surface area contributed by atoms with Gasteiger partial charge in [-0.25, -0.2) is 15.0 Å². The van der Waals surface area contributed by atoms with Crippen molar-refractivity contribution in [3.63, 3.8) is 0 Å². The molecule has 1 saturated heterocycles. The van der Waals surface area contributed by atoms with E-state index >= 15 is 0 Å². The molecular formula is C30H37N7O4. The maximum atomic E-state index is 12.4. The van der Waals surface area contributed by atoms with Crippen molar-refractivity contribution < 1.29 is 19.4 Å². The molecule has 0 spiro atoms. The molecule has 0 aliphatic carbocycles. The maximum absolute atomic E-state index is 12.4. The molecule has 0 radical (unpaired) electrons. The third-order valence-corrected chi connectivity index (χ3v) is 7.79. The molecule has 11 heteroatoms. The lowest BCUT2D eigenvalue weighted by molar-refractivity contribution is -0.152. The number of aryl methyl sites for hydroxylation is 2. The molecule has 3 aromatic heterocycles. The van der Waals surface area contributed by atoms with Crippen LogP contribution in [-0.2, 0) is 27.4 Å². The van der Waals surface area contributed by atoms with Crippen LogP contribution < -0.4 is 15.5 Å². The Kier molecular flexibility index (Phi) is 8.91. The summed E-state index contributed by atoms with van der Waals surface area (Å²) in [6.45, 7) is 6.55. The fourth-order valence-corrected chi connectivity index (χ4v) is 5.42. The number of carbonyl (C=O) groups excluding carboxylic acids is 1. The Morgan fingerprint density at radius 1 is 1.12 bits per heavy atom. The molecule has 0 unspecified atom stereocenters. The summed E-state index contributed by atoms with van der Waals surface area (Å²) >= 11 is 0. The minimum atomic E-state index is -1.07. The van der Waals surface area contributed by atoms with E-state index in [1.807, 2.05) is 13.8 Å². The quantitative estimate of drug-likeness (QED) is 0.312. The molecule has 2 aliphatic rings. The lowest BCUT2D eigenvalue weighted by Crippen LogP contribution is -2.35. The SMILES string of the molecule is Cc1nc(NC[C@H](CC(=O)OCc2ccncc2)C(=O)O)c(C)c(N2CCC(c3ccc4c(n3)NCCC4)CC2)n1. The minimum absolute atomic E-state index is 0.0382. The van der Waals surface area contributed by atoms with Crippen LogP contribution in [0.3, 0.4) is 0 Å². The van der Waals surface area contributed by atoms with E-state index < -0.39 is 17.9 Å². The van der Waals surface area contributed by atoms with Gasteiger partial charge in [0.25, 0.3) is 0 Å². The minimum Gasteiger partial charge on any atom is -0.481 e.